The topological polar surface area (TPSA) is 66.9 Å². The van der Waals surface area contributed by atoms with Crippen molar-refractivity contribution < 1.29 is 4.79 Å². The number of aryl methyl sites for hydroxylation is 1. The molecule has 5 heteroatoms. The number of nitrogens with zero attached hydrogens (tertiary/aromatic N) is 2. The van der Waals surface area contributed by atoms with Gasteiger partial charge in [0, 0.05) is 35.4 Å². The van der Waals surface area contributed by atoms with Gasteiger partial charge < -0.3 is 10.6 Å². The summed E-state index contributed by atoms with van der Waals surface area (Å²) in [5.74, 6) is -0.0523. The Kier molecular flexibility index (Phi) is 5.99. The molecule has 2 heterocycles. The first-order valence-electron chi connectivity index (χ1n) is 11.2. The standard InChI is InChI=1S/C29H24N4O/c1-20-19-31-27-8-3-2-7-26(27)29(20)33-24-11-9-21(10-12-24)17-28(34)32-25-6-4-5-23(18-25)22-13-15-30-16-14-22/h2-16,18-19H,17H2,1H3,(H,31,33)(H,32,34). The molecule has 1 amide bonds. The van der Waals surface area contributed by atoms with Crippen LogP contribution in [0.3, 0.4) is 0 Å². The smallest absolute Gasteiger partial charge is 0.228 e. The molecule has 0 aliphatic carbocycles. The van der Waals surface area contributed by atoms with Crippen molar-refractivity contribution >= 4 is 33.9 Å². The second-order valence-electron chi connectivity index (χ2n) is 8.20. The van der Waals surface area contributed by atoms with E-state index in [4.69, 9.17) is 0 Å². The number of amides is 1. The van der Waals surface area contributed by atoms with Gasteiger partial charge in [0.05, 0.1) is 17.6 Å². The van der Waals surface area contributed by atoms with Crippen LogP contribution in [0.25, 0.3) is 22.0 Å². The third-order valence-corrected chi connectivity index (χ3v) is 5.71. The molecule has 0 atom stereocenters. The molecule has 0 aliphatic heterocycles. The number of benzene rings is 3. The van der Waals surface area contributed by atoms with E-state index in [0.717, 1.165) is 50.2 Å². The molecule has 0 spiro atoms. The van der Waals surface area contributed by atoms with E-state index in [1.54, 1.807) is 12.4 Å². The quantitative estimate of drug-likeness (QED) is 0.312. The number of aromatic nitrogens is 2. The van der Waals surface area contributed by atoms with Gasteiger partial charge in [0.25, 0.3) is 0 Å². The molecule has 2 aromatic heterocycles. The zero-order valence-corrected chi connectivity index (χ0v) is 18.8. The molecule has 0 aliphatic rings. The van der Waals surface area contributed by atoms with Gasteiger partial charge in [-0.05, 0) is 71.6 Å². The Labute approximate surface area is 198 Å². The van der Waals surface area contributed by atoms with E-state index < -0.39 is 0 Å². The van der Waals surface area contributed by atoms with E-state index in [-0.39, 0.29) is 5.91 Å². The molecule has 5 nitrogen and oxygen atoms in total. The third-order valence-electron chi connectivity index (χ3n) is 5.71. The number of anilines is 3. The second-order valence-corrected chi connectivity index (χ2v) is 8.20. The van der Waals surface area contributed by atoms with Gasteiger partial charge in [-0.3, -0.25) is 14.8 Å². The van der Waals surface area contributed by atoms with Gasteiger partial charge in [-0.2, -0.15) is 0 Å². The number of pyridine rings is 2. The summed E-state index contributed by atoms with van der Waals surface area (Å²) in [6.45, 7) is 2.05. The van der Waals surface area contributed by atoms with Crippen molar-refractivity contribution in [3.63, 3.8) is 0 Å². The Morgan fingerprint density at radius 2 is 1.62 bits per heavy atom. The van der Waals surface area contributed by atoms with Crippen molar-refractivity contribution in [2.75, 3.05) is 10.6 Å². The average molecular weight is 445 g/mol. The maximum absolute atomic E-state index is 12.7. The zero-order chi connectivity index (χ0) is 23.3. The third kappa shape index (κ3) is 4.79. The molecule has 0 bridgehead atoms. The maximum atomic E-state index is 12.7. The molecular formula is C29H24N4O. The van der Waals surface area contributed by atoms with Gasteiger partial charge in [0.2, 0.25) is 5.91 Å². The molecule has 0 radical (unpaired) electrons. The van der Waals surface area contributed by atoms with Crippen LogP contribution in [0.2, 0.25) is 0 Å². The number of rotatable bonds is 6. The summed E-state index contributed by atoms with van der Waals surface area (Å²) in [6.07, 6.45) is 5.71. The highest BCUT2D eigenvalue weighted by Crippen LogP contribution is 2.28. The Hall–Kier alpha value is -4.51. The van der Waals surface area contributed by atoms with E-state index >= 15 is 0 Å². The summed E-state index contributed by atoms with van der Waals surface area (Å²) in [4.78, 5) is 21.2. The van der Waals surface area contributed by atoms with Gasteiger partial charge in [-0.15, -0.1) is 0 Å². The lowest BCUT2D eigenvalue weighted by Gasteiger charge is -2.13. The van der Waals surface area contributed by atoms with Crippen LogP contribution < -0.4 is 10.6 Å². The van der Waals surface area contributed by atoms with Crippen LogP contribution >= 0.6 is 0 Å². The lowest BCUT2D eigenvalue weighted by molar-refractivity contribution is -0.115. The molecule has 0 unspecified atom stereocenters. The second kappa shape index (κ2) is 9.55. The predicted molar refractivity (Wildman–Crippen MR) is 138 cm³/mol. The summed E-state index contributed by atoms with van der Waals surface area (Å²) in [5, 5.41) is 7.60. The van der Waals surface area contributed by atoms with Crippen LogP contribution in [-0.4, -0.2) is 15.9 Å². The van der Waals surface area contributed by atoms with Crippen molar-refractivity contribution in [1.29, 1.82) is 0 Å². The lowest BCUT2D eigenvalue weighted by Crippen LogP contribution is -2.14. The Morgan fingerprint density at radius 3 is 2.44 bits per heavy atom. The van der Waals surface area contributed by atoms with Crippen LogP contribution in [0.4, 0.5) is 17.1 Å². The molecular weight excluding hydrogens is 420 g/mol. The van der Waals surface area contributed by atoms with Crippen LogP contribution in [0.5, 0.6) is 0 Å². The summed E-state index contributed by atoms with van der Waals surface area (Å²) in [6, 6.07) is 27.8. The largest absolute Gasteiger partial charge is 0.355 e. The van der Waals surface area contributed by atoms with Crippen molar-refractivity contribution in [2.24, 2.45) is 0 Å². The average Bonchev–Trinajstić information content (AvgIpc) is 2.87. The van der Waals surface area contributed by atoms with Gasteiger partial charge in [-0.1, -0.05) is 42.5 Å². The minimum atomic E-state index is -0.0523. The normalized spacial score (nSPS) is 10.7. The lowest BCUT2D eigenvalue weighted by atomic mass is 10.1. The minimum absolute atomic E-state index is 0.0523. The Bertz CT molecular complexity index is 1450. The van der Waals surface area contributed by atoms with Crippen molar-refractivity contribution in [1.82, 2.24) is 9.97 Å². The highest BCUT2D eigenvalue weighted by molar-refractivity contribution is 5.95. The summed E-state index contributed by atoms with van der Waals surface area (Å²) >= 11 is 0. The Morgan fingerprint density at radius 1 is 0.824 bits per heavy atom. The van der Waals surface area contributed by atoms with Crippen molar-refractivity contribution in [3.8, 4) is 11.1 Å². The predicted octanol–water partition coefficient (Wildman–Crippen LogP) is 6.53. The molecule has 34 heavy (non-hydrogen) atoms. The highest BCUT2D eigenvalue weighted by atomic mass is 16.1. The molecule has 0 saturated carbocycles. The van der Waals surface area contributed by atoms with E-state index in [9.17, 15) is 4.79 Å². The Balaban J connectivity index is 1.26. The first kappa shape index (κ1) is 21.3. The number of carbonyl (C=O) groups is 1. The van der Waals surface area contributed by atoms with Gasteiger partial charge in [0.1, 0.15) is 0 Å². The highest BCUT2D eigenvalue weighted by Gasteiger charge is 2.08. The van der Waals surface area contributed by atoms with E-state index in [2.05, 4.69) is 26.7 Å². The van der Waals surface area contributed by atoms with Crippen LogP contribution in [0.15, 0.2) is 104 Å². The number of hydrogen-bond donors (Lipinski definition) is 2. The van der Waals surface area contributed by atoms with Gasteiger partial charge in [-0.25, -0.2) is 0 Å². The summed E-state index contributed by atoms with van der Waals surface area (Å²) in [7, 11) is 0. The van der Waals surface area contributed by atoms with Gasteiger partial charge >= 0.3 is 0 Å². The maximum Gasteiger partial charge on any atom is 0.228 e. The van der Waals surface area contributed by atoms with Gasteiger partial charge in [0.15, 0.2) is 0 Å². The molecule has 5 rings (SSSR count). The van der Waals surface area contributed by atoms with E-state index in [1.807, 2.05) is 92.0 Å². The molecule has 166 valence electrons. The summed E-state index contributed by atoms with van der Waals surface area (Å²) < 4.78 is 0. The number of fused-ring (bicyclic) bond motifs is 1. The molecule has 5 aromatic rings. The minimum Gasteiger partial charge on any atom is -0.355 e. The van der Waals surface area contributed by atoms with Crippen molar-refractivity contribution in [3.05, 3.63) is 115 Å². The van der Waals surface area contributed by atoms with E-state index in [0.29, 0.717) is 6.42 Å². The number of nitrogens with one attached hydrogen (secondary N) is 2. The fraction of sp³-hybridized carbons (Fsp3) is 0.0690. The van der Waals surface area contributed by atoms with E-state index in [1.165, 1.54) is 0 Å². The van der Waals surface area contributed by atoms with Crippen molar-refractivity contribution in [2.45, 2.75) is 13.3 Å². The molecule has 2 N–H and O–H groups in total. The van der Waals surface area contributed by atoms with Crippen LogP contribution in [0.1, 0.15) is 11.1 Å². The number of hydrogen-bond acceptors (Lipinski definition) is 4. The first-order valence-corrected chi connectivity index (χ1v) is 11.2. The van der Waals surface area contributed by atoms with Crippen LogP contribution in [-0.2, 0) is 11.2 Å². The monoisotopic (exact) mass is 444 g/mol. The van der Waals surface area contributed by atoms with Crippen LogP contribution in [0, 0.1) is 6.92 Å². The first-order chi connectivity index (χ1) is 16.7. The zero-order valence-electron chi connectivity index (χ0n) is 18.8. The summed E-state index contributed by atoms with van der Waals surface area (Å²) in [5.41, 5.74) is 7.87. The number of carbonyl (C=O) groups excluding carboxylic acids is 1. The molecule has 3 aromatic carbocycles. The molecule has 0 saturated heterocycles. The SMILES string of the molecule is Cc1cnc2ccccc2c1Nc1ccc(CC(=O)Nc2cccc(-c3ccncc3)c2)cc1. The fourth-order valence-electron chi connectivity index (χ4n) is 3.97. The fourth-order valence-corrected chi connectivity index (χ4v) is 3.97. The molecule has 0 fully saturated rings. The number of para-hydroxylation sites is 1.